The van der Waals surface area contributed by atoms with Gasteiger partial charge in [0.2, 0.25) is 0 Å². The van der Waals surface area contributed by atoms with Crippen molar-refractivity contribution in [2.75, 3.05) is 0 Å². The Hall–Kier alpha value is -1.20. The van der Waals surface area contributed by atoms with Gasteiger partial charge in [0.1, 0.15) is 0 Å². The molecule has 3 aromatic heterocycles. The molecule has 0 atom stereocenters. The highest BCUT2D eigenvalue weighted by molar-refractivity contribution is 7.23. The Morgan fingerprint density at radius 2 is 1.79 bits per heavy atom. The Kier molecular flexibility index (Phi) is 5.72. The van der Waals surface area contributed by atoms with Gasteiger partial charge in [-0.3, -0.25) is 4.68 Å². The third kappa shape index (κ3) is 3.57. The molecular formula is C19H27N3S2. The Morgan fingerprint density at radius 3 is 2.50 bits per heavy atom. The number of aromatic nitrogens is 3. The van der Waals surface area contributed by atoms with Gasteiger partial charge in [-0.05, 0) is 26.7 Å². The first-order valence-electron chi connectivity index (χ1n) is 8.99. The number of unbranched alkanes of at least 4 members (excludes halogenated alkanes) is 5. The van der Waals surface area contributed by atoms with Crippen LogP contribution in [-0.2, 0) is 13.5 Å². The van der Waals surface area contributed by atoms with E-state index in [1.165, 1.54) is 69.8 Å². The minimum Gasteiger partial charge on any atom is -0.267 e. The minimum atomic E-state index is 1.09. The standard InChI is InChI=1S/C19H27N3S2/c1-5-6-7-8-9-10-11-15-17-18(22(4)21-15)13(2)23-19(17)16-12-20-14(3)24-16/h12H,5-11H2,1-4H3. The molecule has 0 aliphatic rings. The smallest absolute Gasteiger partial charge is 0.0900 e. The van der Waals surface area contributed by atoms with E-state index in [9.17, 15) is 0 Å². The highest BCUT2D eigenvalue weighted by Gasteiger charge is 2.20. The zero-order valence-corrected chi connectivity index (χ0v) is 16.8. The molecule has 0 aromatic carbocycles. The summed E-state index contributed by atoms with van der Waals surface area (Å²) in [5.41, 5.74) is 2.58. The summed E-state index contributed by atoms with van der Waals surface area (Å²) >= 11 is 3.68. The molecule has 0 unspecified atom stereocenters. The number of nitrogens with zero attached hydrogens (tertiary/aromatic N) is 3. The molecule has 130 valence electrons. The molecule has 3 aromatic rings. The fourth-order valence-corrected chi connectivity index (χ4v) is 5.44. The molecule has 3 heterocycles. The molecule has 0 saturated carbocycles. The number of hydrogen-bond donors (Lipinski definition) is 0. The molecule has 0 fully saturated rings. The van der Waals surface area contributed by atoms with E-state index >= 15 is 0 Å². The van der Waals surface area contributed by atoms with E-state index in [4.69, 9.17) is 5.10 Å². The molecule has 0 amide bonds. The Balaban J connectivity index is 1.83. The van der Waals surface area contributed by atoms with Crippen molar-refractivity contribution in [2.45, 2.75) is 65.7 Å². The van der Waals surface area contributed by atoms with Crippen molar-refractivity contribution in [3.05, 3.63) is 21.8 Å². The van der Waals surface area contributed by atoms with Gasteiger partial charge in [-0.15, -0.1) is 22.7 Å². The molecule has 3 nitrogen and oxygen atoms in total. The maximum Gasteiger partial charge on any atom is 0.0900 e. The minimum absolute atomic E-state index is 1.09. The lowest BCUT2D eigenvalue weighted by molar-refractivity contribution is 0.602. The first-order valence-corrected chi connectivity index (χ1v) is 10.6. The average molecular weight is 362 g/mol. The fraction of sp³-hybridized carbons (Fsp3) is 0.579. The summed E-state index contributed by atoms with van der Waals surface area (Å²) in [6, 6.07) is 0. The number of thiophene rings is 1. The van der Waals surface area contributed by atoms with Crippen LogP contribution < -0.4 is 0 Å². The van der Waals surface area contributed by atoms with Crippen LogP contribution in [0.2, 0.25) is 0 Å². The summed E-state index contributed by atoms with van der Waals surface area (Å²) < 4.78 is 2.07. The third-order valence-electron chi connectivity index (χ3n) is 4.55. The van der Waals surface area contributed by atoms with Crippen LogP contribution in [0.4, 0.5) is 0 Å². The van der Waals surface area contributed by atoms with E-state index in [1.807, 2.05) is 17.5 Å². The van der Waals surface area contributed by atoms with Crippen molar-refractivity contribution in [1.29, 1.82) is 0 Å². The van der Waals surface area contributed by atoms with Gasteiger partial charge in [0, 0.05) is 23.5 Å². The number of hydrogen-bond acceptors (Lipinski definition) is 4. The zero-order chi connectivity index (χ0) is 17.1. The lowest BCUT2D eigenvalue weighted by Crippen LogP contribution is -1.93. The van der Waals surface area contributed by atoms with E-state index < -0.39 is 0 Å². The van der Waals surface area contributed by atoms with Crippen LogP contribution in [0.3, 0.4) is 0 Å². The third-order valence-corrected chi connectivity index (χ3v) is 6.73. The van der Waals surface area contributed by atoms with Crippen LogP contribution in [-0.4, -0.2) is 14.8 Å². The topological polar surface area (TPSA) is 30.7 Å². The fourth-order valence-electron chi connectivity index (χ4n) is 3.36. The van der Waals surface area contributed by atoms with E-state index in [-0.39, 0.29) is 0 Å². The maximum atomic E-state index is 4.85. The predicted molar refractivity (Wildman–Crippen MR) is 106 cm³/mol. The molecule has 0 radical (unpaired) electrons. The first-order chi connectivity index (χ1) is 11.6. The van der Waals surface area contributed by atoms with Gasteiger partial charge in [-0.25, -0.2) is 4.98 Å². The van der Waals surface area contributed by atoms with Crippen molar-refractivity contribution < 1.29 is 0 Å². The van der Waals surface area contributed by atoms with Crippen molar-refractivity contribution in [3.63, 3.8) is 0 Å². The summed E-state index contributed by atoms with van der Waals surface area (Å²) in [7, 11) is 2.08. The molecule has 0 bridgehead atoms. The molecule has 3 rings (SSSR count). The van der Waals surface area contributed by atoms with Crippen LogP contribution in [0.15, 0.2) is 6.20 Å². The summed E-state index contributed by atoms with van der Waals surface area (Å²) in [5, 5.41) is 7.35. The summed E-state index contributed by atoms with van der Waals surface area (Å²) in [5.74, 6) is 0. The Morgan fingerprint density at radius 1 is 1.04 bits per heavy atom. The van der Waals surface area contributed by atoms with Crippen molar-refractivity contribution in [3.8, 4) is 9.75 Å². The average Bonchev–Trinajstić information content (AvgIpc) is 3.21. The van der Waals surface area contributed by atoms with Crippen molar-refractivity contribution in [1.82, 2.24) is 14.8 Å². The number of aryl methyl sites for hydroxylation is 4. The van der Waals surface area contributed by atoms with Gasteiger partial charge in [-0.1, -0.05) is 39.0 Å². The van der Waals surface area contributed by atoms with Crippen molar-refractivity contribution >= 4 is 33.6 Å². The lowest BCUT2D eigenvalue weighted by Gasteiger charge is -2.00. The van der Waals surface area contributed by atoms with Gasteiger partial charge in [0.15, 0.2) is 0 Å². The molecule has 0 N–H and O–H groups in total. The van der Waals surface area contributed by atoms with E-state index in [0.717, 1.165) is 11.4 Å². The van der Waals surface area contributed by atoms with Crippen LogP contribution in [0.25, 0.3) is 20.7 Å². The van der Waals surface area contributed by atoms with E-state index in [2.05, 4.69) is 37.5 Å². The number of thiazole rings is 1. The molecule has 0 spiro atoms. The largest absolute Gasteiger partial charge is 0.267 e. The van der Waals surface area contributed by atoms with E-state index in [1.54, 1.807) is 11.3 Å². The van der Waals surface area contributed by atoms with Crippen LogP contribution in [0, 0.1) is 13.8 Å². The molecular weight excluding hydrogens is 334 g/mol. The Bertz CT molecular complexity index is 810. The molecule has 5 heteroatoms. The predicted octanol–water partition coefficient (Wildman–Crippen LogP) is 6.28. The highest BCUT2D eigenvalue weighted by Crippen LogP contribution is 2.42. The zero-order valence-electron chi connectivity index (χ0n) is 15.2. The molecule has 0 aliphatic heterocycles. The number of fused-ring (bicyclic) bond motifs is 1. The quantitative estimate of drug-likeness (QED) is 0.442. The van der Waals surface area contributed by atoms with Gasteiger partial charge < -0.3 is 0 Å². The lowest BCUT2D eigenvalue weighted by atomic mass is 10.1. The first kappa shape index (κ1) is 17.6. The summed E-state index contributed by atoms with van der Waals surface area (Å²) in [6.45, 7) is 6.55. The molecule has 24 heavy (non-hydrogen) atoms. The summed E-state index contributed by atoms with van der Waals surface area (Å²) in [4.78, 5) is 8.45. The summed E-state index contributed by atoms with van der Waals surface area (Å²) in [6.07, 6.45) is 11.1. The highest BCUT2D eigenvalue weighted by atomic mass is 32.1. The molecule has 0 saturated heterocycles. The second-order valence-corrected chi connectivity index (χ2v) is 9.00. The van der Waals surface area contributed by atoms with Crippen LogP contribution in [0.1, 0.15) is 61.0 Å². The van der Waals surface area contributed by atoms with Gasteiger partial charge in [0.05, 0.1) is 26.0 Å². The number of rotatable bonds is 8. The van der Waals surface area contributed by atoms with E-state index in [0.29, 0.717) is 0 Å². The SMILES string of the molecule is CCCCCCCCc1nn(C)c2c(C)sc(-c3cnc(C)s3)c12. The van der Waals surface area contributed by atoms with Crippen LogP contribution >= 0.6 is 22.7 Å². The Labute approximate surface area is 152 Å². The molecule has 0 aliphatic carbocycles. The maximum absolute atomic E-state index is 4.85. The van der Waals surface area contributed by atoms with Gasteiger partial charge in [-0.2, -0.15) is 5.10 Å². The normalized spacial score (nSPS) is 11.7. The van der Waals surface area contributed by atoms with Crippen molar-refractivity contribution in [2.24, 2.45) is 7.05 Å². The van der Waals surface area contributed by atoms with Gasteiger partial charge >= 0.3 is 0 Å². The second-order valence-electron chi connectivity index (χ2n) is 6.54. The van der Waals surface area contributed by atoms with Crippen LogP contribution in [0.5, 0.6) is 0 Å². The van der Waals surface area contributed by atoms with Gasteiger partial charge in [0.25, 0.3) is 0 Å². The second kappa shape index (κ2) is 7.79. The monoisotopic (exact) mass is 361 g/mol.